The predicted molar refractivity (Wildman–Crippen MR) is 53.2 cm³/mol. The smallest absolute Gasteiger partial charge is 0.0283 e. The van der Waals surface area contributed by atoms with Crippen LogP contribution in [0, 0.1) is 0 Å². The van der Waals surface area contributed by atoms with Crippen molar-refractivity contribution in [2.75, 3.05) is 20.1 Å². The van der Waals surface area contributed by atoms with Crippen molar-refractivity contribution < 1.29 is 0 Å². The first-order valence-corrected chi connectivity index (χ1v) is 5.14. The van der Waals surface area contributed by atoms with Gasteiger partial charge in [0.2, 0.25) is 0 Å². The van der Waals surface area contributed by atoms with Crippen molar-refractivity contribution in [3.63, 3.8) is 0 Å². The van der Waals surface area contributed by atoms with E-state index in [0.717, 1.165) is 6.54 Å². The second kappa shape index (κ2) is 4.24. The van der Waals surface area contributed by atoms with E-state index in [2.05, 4.69) is 18.9 Å². The summed E-state index contributed by atoms with van der Waals surface area (Å²) in [5.41, 5.74) is 6.30. The highest BCUT2D eigenvalue weighted by atomic mass is 15.1. The summed E-state index contributed by atoms with van der Waals surface area (Å²) in [4.78, 5) is 2.38. The van der Waals surface area contributed by atoms with Crippen molar-refractivity contribution in [3.05, 3.63) is 0 Å². The van der Waals surface area contributed by atoms with Gasteiger partial charge in [-0.1, -0.05) is 13.3 Å². The molecule has 0 radical (unpaired) electrons. The van der Waals surface area contributed by atoms with Crippen LogP contribution in [0.25, 0.3) is 0 Å². The van der Waals surface area contributed by atoms with Crippen molar-refractivity contribution in [2.24, 2.45) is 5.73 Å². The standard InChI is InChI=1S/C10H22N2/c1-3-4-8-12(2)9-10(11)6-5-7-10/h3-9,11H2,1-2H3. The van der Waals surface area contributed by atoms with E-state index < -0.39 is 0 Å². The third kappa shape index (κ3) is 2.76. The average Bonchev–Trinajstić information content (AvgIpc) is 1.98. The third-order valence-corrected chi connectivity index (χ3v) is 2.83. The molecule has 2 nitrogen and oxygen atoms in total. The largest absolute Gasteiger partial charge is 0.324 e. The van der Waals surface area contributed by atoms with Gasteiger partial charge in [-0.25, -0.2) is 0 Å². The van der Waals surface area contributed by atoms with Crippen LogP contribution >= 0.6 is 0 Å². The lowest BCUT2D eigenvalue weighted by atomic mass is 9.77. The van der Waals surface area contributed by atoms with Crippen molar-refractivity contribution in [1.82, 2.24) is 4.90 Å². The van der Waals surface area contributed by atoms with Gasteiger partial charge < -0.3 is 10.6 Å². The van der Waals surface area contributed by atoms with Crippen molar-refractivity contribution in [2.45, 2.75) is 44.6 Å². The molecule has 0 saturated heterocycles. The molecule has 1 aliphatic carbocycles. The quantitative estimate of drug-likeness (QED) is 0.679. The van der Waals surface area contributed by atoms with E-state index in [0.29, 0.717) is 0 Å². The Morgan fingerprint density at radius 2 is 2.08 bits per heavy atom. The Hall–Kier alpha value is -0.0800. The first-order chi connectivity index (χ1) is 5.66. The Morgan fingerprint density at radius 3 is 2.50 bits per heavy atom. The monoisotopic (exact) mass is 170 g/mol. The maximum Gasteiger partial charge on any atom is 0.0283 e. The Bertz CT molecular complexity index is 130. The molecule has 2 N–H and O–H groups in total. The topological polar surface area (TPSA) is 29.3 Å². The molecule has 0 aromatic heterocycles. The Kier molecular flexibility index (Phi) is 3.53. The van der Waals surface area contributed by atoms with E-state index in [1.165, 1.54) is 38.6 Å². The van der Waals surface area contributed by atoms with E-state index in [1.807, 2.05) is 0 Å². The molecule has 0 aliphatic heterocycles. The molecule has 0 spiro atoms. The minimum atomic E-state index is 0.169. The molecule has 12 heavy (non-hydrogen) atoms. The van der Waals surface area contributed by atoms with E-state index in [-0.39, 0.29) is 5.54 Å². The molecule has 0 atom stereocenters. The Labute approximate surface area is 76.1 Å². The van der Waals surface area contributed by atoms with Crippen LogP contribution in [0.5, 0.6) is 0 Å². The maximum absolute atomic E-state index is 6.13. The van der Waals surface area contributed by atoms with Crippen molar-refractivity contribution in [3.8, 4) is 0 Å². The summed E-state index contributed by atoms with van der Waals surface area (Å²) in [5.74, 6) is 0. The summed E-state index contributed by atoms with van der Waals surface area (Å²) in [6.45, 7) is 4.53. The molecule has 0 heterocycles. The normalized spacial score (nSPS) is 21.0. The van der Waals surface area contributed by atoms with E-state index in [4.69, 9.17) is 5.73 Å². The molecule has 1 fully saturated rings. The van der Waals surface area contributed by atoms with Crippen LogP contribution in [0.15, 0.2) is 0 Å². The molecular formula is C10H22N2. The minimum absolute atomic E-state index is 0.169. The predicted octanol–water partition coefficient (Wildman–Crippen LogP) is 1.60. The molecule has 0 aromatic rings. The lowest BCUT2D eigenvalue weighted by Gasteiger charge is -2.41. The fraction of sp³-hybridized carbons (Fsp3) is 1.00. The summed E-state index contributed by atoms with van der Waals surface area (Å²) < 4.78 is 0. The van der Waals surface area contributed by atoms with Gasteiger partial charge in [-0.05, 0) is 39.3 Å². The van der Waals surface area contributed by atoms with E-state index >= 15 is 0 Å². The summed E-state index contributed by atoms with van der Waals surface area (Å²) in [6, 6.07) is 0. The summed E-state index contributed by atoms with van der Waals surface area (Å²) >= 11 is 0. The lowest BCUT2D eigenvalue weighted by molar-refractivity contribution is 0.164. The first kappa shape index (κ1) is 10.0. The number of rotatable bonds is 5. The second-order valence-corrected chi connectivity index (χ2v) is 4.31. The van der Waals surface area contributed by atoms with Gasteiger partial charge in [0, 0.05) is 12.1 Å². The molecule has 0 aromatic carbocycles. The third-order valence-electron chi connectivity index (χ3n) is 2.83. The number of hydrogen-bond donors (Lipinski definition) is 1. The zero-order chi connectivity index (χ0) is 9.03. The van der Waals surface area contributed by atoms with Crippen molar-refractivity contribution >= 4 is 0 Å². The highest BCUT2D eigenvalue weighted by Crippen LogP contribution is 2.29. The molecule has 0 bridgehead atoms. The highest BCUT2D eigenvalue weighted by molar-refractivity contribution is 4.94. The minimum Gasteiger partial charge on any atom is -0.324 e. The Morgan fingerprint density at radius 1 is 1.42 bits per heavy atom. The number of nitrogens with two attached hydrogens (primary N) is 1. The van der Waals surface area contributed by atoms with Crippen LogP contribution in [-0.2, 0) is 0 Å². The molecule has 1 rings (SSSR count). The lowest BCUT2D eigenvalue weighted by Crippen LogP contribution is -2.54. The molecule has 0 amide bonds. The molecule has 72 valence electrons. The molecule has 1 saturated carbocycles. The van der Waals surface area contributed by atoms with E-state index in [9.17, 15) is 0 Å². The molecule has 2 heteroatoms. The highest BCUT2D eigenvalue weighted by Gasteiger charge is 2.33. The Balaban J connectivity index is 2.12. The molecule has 1 aliphatic rings. The molecule has 0 unspecified atom stereocenters. The number of nitrogens with zero attached hydrogens (tertiary/aromatic N) is 1. The van der Waals surface area contributed by atoms with Gasteiger partial charge in [-0.15, -0.1) is 0 Å². The average molecular weight is 170 g/mol. The second-order valence-electron chi connectivity index (χ2n) is 4.31. The zero-order valence-corrected chi connectivity index (χ0v) is 8.47. The number of unbranched alkanes of at least 4 members (excludes halogenated alkanes) is 1. The SMILES string of the molecule is CCCCN(C)CC1(N)CCC1. The number of hydrogen-bond acceptors (Lipinski definition) is 2. The summed E-state index contributed by atoms with van der Waals surface area (Å²) in [6.07, 6.45) is 6.36. The van der Waals surface area contributed by atoms with Gasteiger partial charge in [-0.3, -0.25) is 0 Å². The van der Waals surface area contributed by atoms with Crippen LogP contribution in [0.2, 0.25) is 0 Å². The van der Waals surface area contributed by atoms with Gasteiger partial charge in [0.05, 0.1) is 0 Å². The summed E-state index contributed by atoms with van der Waals surface area (Å²) in [5, 5.41) is 0. The first-order valence-electron chi connectivity index (χ1n) is 5.14. The zero-order valence-electron chi connectivity index (χ0n) is 8.47. The fourth-order valence-corrected chi connectivity index (χ4v) is 1.83. The van der Waals surface area contributed by atoms with Crippen LogP contribution in [0.4, 0.5) is 0 Å². The van der Waals surface area contributed by atoms with Gasteiger partial charge >= 0.3 is 0 Å². The van der Waals surface area contributed by atoms with Gasteiger partial charge in [0.15, 0.2) is 0 Å². The van der Waals surface area contributed by atoms with Gasteiger partial charge in [0.25, 0.3) is 0 Å². The summed E-state index contributed by atoms with van der Waals surface area (Å²) in [7, 11) is 2.18. The van der Waals surface area contributed by atoms with E-state index in [1.54, 1.807) is 0 Å². The van der Waals surface area contributed by atoms with Gasteiger partial charge in [0.1, 0.15) is 0 Å². The van der Waals surface area contributed by atoms with Crippen LogP contribution < -0.4 is 5.73 Å². The van der Waals surface area contributed by atoms with Crippen LogP contribution in [-0.4, -0.2) is 30.6 Å². The molecular weight excluding hydrogens is 148 g/mol. The van der Waals surface area contributed by atoms with Crippen LogP contribution in [0.3, 0.4) is 0 Å². The fourth-order valence-electron chi connectivity index (χ4n) is 1.83. The van der Waals surface area contributed by atoms with Crippen LogP contribution in [0.1, 0.15) is 39.0 Å². The number of likely N-dealkylation sites (N-methyl/N-ethyl adjacent to an activating group) is 1. The maximum atomic E-state index is 6.13. The van der Waals surface area contributed by atoms with Gasteiger partial charge in [-0.2, -0.15) is 0 Å². The van der Waals surface area contributed by atoms with Crippen molar-refractivity contribution in [1.29, 1.82) is 0 Å².